The van der Waals surface area contributed by atoms with Crippen LogP contribution < -0.4 is 10.4 Å². The number of aryl methyl sites for hydroxylation is 1. The van der Waals surface area contributed by atoms with Crippen LogP contribution in [0.3, 0.4) is 0 Å². The largest absolute Gasteiger partial charge is 0.487 e. The number of nitrogens with zero attached hydrogens (tertiary/aromatic N) is 3. The number of aromatic nitrogens is 3. The predicted octanol–water partition coefficient (Wildman–Crippen LogP) is 3.26. The zero-order valence-electron chi connectivity index (χ0n) is 13.5. The smallest absolute Gasteiger partial charge is 0.336 e. The van der Waals surface area contributed by atoms with Crippen molar-refractivity contribution in [2.24, 2.45) is 0 Å². The highest BCUT2D eigenvalue weighted by Gasteiger charge is 2.07. The molecule has 0 radical (unpaired) electrons. The Hall–Kier alpha value is -3.41. The molecule has 25 heavy (non-hydrogen) atoms. The Morgan fingerprint density at radius 1 is 1.12 bits per heavy atom. The maximum Gasteiger partial charge on any atom is 0.336 e. The first-order valence-electron chi connectivity index (χ1n) is 7.83. The summed E-state index contributed by atoms with van der Waals surface area (Å²) < 4.78 is 12.6. The molecular formula is C19H15N3O3. The molecule has 6 heteroatoms. The van der Waals surface area contributed by atoms with Crippen LogP contribution in [0.2, 0.25) is 0 Å². The van der Waals surface area contributed by atoms with Crippen LogP contribution in [0.4, 0.5) is 0 Å². The van der Waals surface area contributed by atoms with Gasteiger partial charge in [0.15, 0.2) is 0 Å². The lowest BCUT2D eigenvalue weighted by atomic mass is 10.1. The van der Waals surface area contributed by atoms with Crippen molar-refractivity contribution < 1.29 is 9.15 Å². The van der Waals surface area contributed by atoms with E-state index in [-0.39, 0.29) is 5.63 Å². The second-order valence-electron chi connectivity index (χ2n) is 5.69. The van der Waals surface area contributed by atoms with Crippen molar-refractivity contribution >= 4 is 11.0 Å². The van der Waals surface area contributed by atoms with Gasteiger partial charge in [-0.05, 0) is 36.8 Å². The van der Waals surface area contributed by atoms with Crippen LogP contribution in [-0.4, -0.2) is 15.0 Å². The van der Waals surface area contributed by atoms with Gasteiger partial charge in [-0.1, -0.05) is 23.4 Å². The summed E-state index contributed by atoms with van der Waals surface area (Å²) in [6.45, 7) is 2.21. The highest BCUT2D eigenvalue weighted by molar-refractivity contribution is 5.81. The van der Waals surface area contributed by atoms with Gasteiger partial charge in [-0.2, -0.15) is 0 Å². The third-order valence-electron chi connectivity index (χ3n) is 3.87. The third-order valence-corrected chi connectivity index (χ3v) is 3.87. The van der Waals surface area contributed by atoms with Crippen molar-refractivity contribution in [2.45, 2.75) is 13.5 Å². The van der Waals surface area contributed by atoms with Crippen molar-refractivity contribution in [3.8, 4) is 11.4 Å². The number of fused-ring (bicyclic) bond motifs is 1. The van der Waals surface area contributed by atoms with Gasteiger partial charge in [0, 0.05) is 17.5 Å². The fraction of sp³-hybridized carbons (Fsp3) is 0.105. The standard InChI is InChI=1S/C19H15N3O3/c1-13-9-19(23)25-18-10-15(7-8-17(13)18)22-11-14(20-21-22)12-24-16-5-3-2-4-6-16/h2-11H,12H2,1H3. The lowest BCUT2D eigenvalue weighted by Gasteiger charge is -2.04. The molecule has 0 spiro atoms. The number of ether oxygens (including phenoxy) is 1. The molecule has 4 rings (SSSR count). The van der Waals surface area contributed by atoms with Crippen LogP contribution in [0.1, 0.15) is 11.3 Å². The predicted molar refractivity (Wildman–Crippen MR) is 92.9 cm³/mol. The van der Waals surface area contributed by atoms with Crippen molar-refractivity contribution in [2.75, 3.05) is 0 Å². The maximum atomic E-state index is 11.6. The molecule has 0 amide bonds. The maximum absolute atomic E-state index is 11.6. The summed E-state index contributed by atoms with van der Waals surface area (Å²) in [7, 11) is 0. The van der Waals surface area contributed by atoms with Gasteiger partial charge in [0.2, 0.25) is 0 Å². The second-order valence-corrected chi connectivity index (χ2v) is 5.69. The van der Waals surface area contributed by atoms with E-state index in [1.807, 2.05) is 49.4 Å². The number of hydrogen-bond donors (Lipinski definition) is 0. The van der Waals surface area contributed by atoms with Crippen LogP contribution in [0.25, 0.3) is 16.7 Å². The highest BCUT2D eigenvalue weighted by atomic mass is 16.5. The molecule has 0 aliphatic heterocycles. The van der Waals surface area contributed by atoms with E-state index >= 15 is 0 Å². The molecule has 2 aromatic carbocycles. The van der Waals surface area contributed by atoms with Crippen molar-refractivity contribution in [1.82, 2.24) is 15.0 Å². The second kappa shape index (κ2) is 6.24. The molecule has 0 fully saturated rings. The van der Waals surface area contributed by atoms with E-state index in [0.29, 0.717) is 17.9 Å². The lowest BCUT2D eigenvalue weighted by Crippen LogP contribution is -2.00. The van der Waals surface area contributed by atoms with Gasteiger partial charge in [0.05, 0.1) is 11.9 Å². The Bertz CT molecular complexity index is 1080. The Morgan fingerprint density at radius 3 is 2.80 bits per heavy atom. The zero-order valence-corrected chi connectivity index (χ0v) is 13.5. The normalized spacial score (nSPS) is 10.9. The van der Waals surface area contributed by atoms with Gasteiger partial charge in [0.25, 0.3) is 0 Å². The molecule has 4 aromatic rings. The molecule has 124 valence electrons. The molecule has 0 unspecified atom stereocenters. The Balaban J connectivity index is 1.59. The SMILES string of the molecule is Cc1cc(=O)oc2cc(-n3cc(COc4ccccc4)nn3)ccc12. The van der Waals surface area contributed by atoms with Crippen molar-refractivity contribution in [1.29, 1.82) is 0 Å². The average molecular weight is 333 g/mol. The van der Waals surface area contributed by atoms with E-state index < -0.39 is 0 Å². The summed E-state index contributed by atoms with van der Waals surface area (Å²) >= 11 is 0. The van der Waals surface area contributed by atoms with Gasteiger partial charge in [-0.15, -0.1) is 5.10 Å². The Kier molecular flexibility index (Phi) is 3.78. The first-order valence-corrected chi connectivity index (χ1v) is 7.83. The van der Waals surface area contributed by atoms with Gasteiger partial charge in [-0.25, -0.2) is 9.48 Å². The van der Waals surface area contributed by atoms with Crippen LogP contribution >= 0.6 is 0 Å². The van der Waals surface area contributed by atoms with Crippen LogP contribution in [0.15, 0.2) is 70.0 Å². The van der Waals surface area contributed by atoms with Gasteiger partial charge in [-0.3, -0.25) is 0 Å². The fourth-order valence-electron chi connectivity index (χ4n) is 2.62. The molecular weight excluding hydrogens is 318 g/mol. The Morgan fingerprint density at radius 2 is 1.96 bits per heavy atom. The number of benzene rings is 2. The Labute approximate surface area is 143 Å². The monoisotopic (exact) mass is 333 g/mol. The summed E-state index contributed by atoms with van der Waals surface area (Å²) in [5, 5.41) is 9.13. The number of hydrogen-bond acceptors (Lipinski definition) is 5. The highest BCUT2D eigenvalue weighted by Crippen LogP contribution is 2.20. The van der Waals surface area contributed by atoms with Gasteiger partial charge in [0.1, 0.15) is 23.6 Å². The molecule has 0 aliphatic rings. The quantitative estimate of drug-likeness (QED) is 0.536. The zero-order chi connectivity index (χ0) is 17.2. The minimum Gasteiger partial charge on any atom is -0.487 e. The van der Waals surface area contributed by atoms with E-state index in [1.54, 1.807) is 16.9 Å². The number of para-hydroxylation sites is 1. The number of rotatable bonds is 4. The summed E-state index contributed by atoms with van der Waals surface area (Å²) in [6.07, 6.45) is 1.79. The lowest BCUT2D eigenvalue weighted by molar-refractivity contribution is 0.301. The van der Waals surface area contributed by atoms with E-state index in [0.717, 1.165) is 22.4 Å². The molecule has 0 saturated heterocycles. The van der Waals surface area contributed by atoms with E-state index in [4.69, 9.17) is 9.15 Å². The van der Waals surface area contributed by atoms with Gasteiger partial charge >= 0.3 is 5.63 Å². The third kappa shape index (κ3) is 3.14. The molecule has 2 aromatic heterocycles. The van der Waals surface area contributed by atoms with E-state index in [1.165, 1.54) is 6.07 Å². The van der Waals surface area contributed by atoms with Crippen molar-refractivity contribution in [3.05, 3.63) is 82.5 Å². The fourth-order valence-corrected chi connectivity index (χ4v) is 2.62. The molecule has 2 heterocycles. The summed E-state index contributed by atoms with van der Waals surface area (Å²) in [5.41, 5.74) is 2.51. The van der Waals surface area contributed by atoms with Crippen molar-refractivity contribution in [3.63, 3.8) is 0 Å². The first kappa shape index (κ1) is 15.1. The summed E-state index contributed by atoms with van der Waals surface area (Å²) in [5.74, 6) is 0.778. The minimum atomic E-state index is -0.363. The molecule has 0 bridgehead atoms. The van der Waals surface area contributed by atoms with Crippen LogP contribution in [0.5, 0.6) is 5.75 Å². The van der Waals surface area contributed by atoms with Crippen LogP contribution in [-0.2, 0) is 6.61 Å². The average Bonchev–Trinajstić information content (AvgIpc) is 3.09. The van der Waals surface area contributed by atoms with E-state index in [9.17, 15) is 4.79 Å². The molecule has 0 saturated carbocycles. The molecule has 0 N–H and O–H groups in total. The minimum absolute atomic E-state index is 0.325. The molecule has 6 nitrogen and oxygen atoms in total. The van der Waals surface area contributed by atoms with Gasteiger partial charge < -0.3 is 9.15 Å². The van der Waals surface area contributed by atoms with E-state index in [2.05, 4.69) is 10.3 Å². The first-order chi connectivity index (χ1) is 12.2. The molecule has 0 atom stereocenters. The topological polar surface area (TPSA) is 70.2 Å². The summed E-state index contributed by atoms with van der Waals surface area (Å²) in [4.78, 5) is 11.6. The van der Waals surface area contributed by atoms with Crippen LogP contribution in [0, 0.1) is 6.92 Å². The summed E-state index contributed by atoms with van der Waals surface area (Å²) in [6, 6.07) is 16.6. The molecule has 0 aliphatic carbocycles.